The molecule has 0 saturated carbocycles. The van der Waals surface area contributed by atoms with Crippen LogP contribution in [0.2, 0.25) is 0 Å². The number of carbonyl (C=O) groups is 3. The van der Waals surface area contributed by atoms with Gasteiger partial charge >= 0.3 is 0 Å². The fourth-order valence-electron chi connectivity index (χ4n) is 4.49. The highest BCUT2D eigenvalue weighted by Gasteiger charge is 2.17. The molecule has 2 heterocycles. The minimum atomic E-state index is -0.529. The Bertz CT molecular complexity index is 2060. The number of nitrogens with zero attached hydrogens (tertiary/aromatic N) is 1. The van der Waals surface area contributed by atoms with Crippen LogP contribution in [0.25, 0.3) is 27.8 Å². The third-order valence-corrected chi connectivity index (χ3v) is 9.37. The number of thioether (sulfide) groups is 1. The van der Waals surface area contributed by atoms with Crippen LogP contribution in [0.1, 0.15) is 16.1 Å². The molecule has 0 bridgehead atoms. The first kappa shape index (κ1) is 32.7. The van der Waals surface area contributed by atoms with Crippen molar-refractivity contribution < 1.29 is 18.8 Å². The molecule has 0 fully saturated rings. The SMILES string of the molecule is O=C(CSc1ccc(NC(=O)/C(=C/c2ccc(-c3ccc(Br)cc3)o2)NC(=O)c2ccccc2)cc1)Nc1ncc(-c2ccccc2)s1. The molecule has 11 heteroatoms. The van der Waals surface area contributed by atoms with Crippen LogP contribution >= 0.6 is 39.0 Å². The summed E-state index contributed by atoms with van der Waals surface area (Å²) < 4.78 is 6.93. The van der Waals surface area contributed by atoms with E-state index in [2.05, 4.69) is 36.9 Å². The Hall–Kier alpha value is -5.23. The van der Waals surface area contributed by atoms with Gasteiger partial charge in [-0.2, -0.15) is 0 Å². The van der Waals surface area contributed by atoms with Gasteiger partial charge in [-0.05, 0) is 66.2 Å². The van der Waals surface area contributed by atoms with Gasteiger partial charge in [-0.15, -0.1) is 11.8 Å². The molecule has 3 amide bonds. The second-order valence-electron chi connectivity index (χ2n) is 10.3. The van der Waals surface area contributed by atoms with Crippen molar-refractivity contribution in [1.82, 2.24) is 10.3 Å². The molecule has 3 N–H and O–H groups in total. The number of halogens is 1. The highest BCUT2D eigenvalue weighted by atomic mass is 79.9. The Morgan fingerprint density at radius 3 is 2.23 bits per heavy atom. The van der Waals surface area contributed by atoms with Gasteiger partial charge in [0.2, 0.25) is 5.91 Å². The molecule has 0 radical (unpaired) electrons. The number of benzene rings is 4. The number of amides is 3. The van der Waals surface area contributed by atoms with Crippen molar-refractivity contribution in [3.63, 3.8) is 0 Å². The van der Waals surface area contributed by atoms with Gasteiger partial charge in [0.05, 0.1) is 10.6 Å². The monoisotopic (exact) mass is 734 g/mol. The molecule has 0 aliphatic carbocycles. The van der Waals surface area contributed by atoms with Crippen LogP contribution in [0.4, 0.5) is 10.8 Å². The summed E-state index contributed by atoms with van der Waals surface area (Å²) in [6.07, 6.45) is 3.24. The molecule has 0 spiro atoms. The fourth-order valence-corrected chi connectivity index (χ4v) is 6.29. The summed E-state index contributed by atoms with van der Waals surface area (Å²) in [4.78, 5) is 45.2. The summed E-state index contributed by atoms with van der Waals surface area (Å²) in [6, 6.07) is 36.8. The van der Waals surface area contributed by atoms with E-state index in [-0.39, 0.29) is 17.4 Å². The molecule has 2 aromatic heterocycles. The van der Waals surface area contributed by atoms with Crippen molar-refractivity contribution in [1.29, 1.82) is 0 Å². The summed E-state index contributed by atoms with van der Waals surface area (Å²) in [5.41, 5.74) is 2.84. The number of anilines is 2. The molecule has 238 valence electrons. The quantitative estimate of drug-likeness (QED) is 0.0905. The molecule has 0 saturated heterocycles. The maximum Gasteiger partial charge on any atom is 0.272 e. The van der Waals surface area contributed by atoms with Crippen LogP contribution in [-0.2, 0) is 9.59 Å². The van der Waals surface area contributed by atoms with Gasteiger partial charge in [-0.3, -0.25) is 14.4 Å². The van der Waals surface area contributed by atoms with Crippen molar-refractivity contribution >= 4 is 73.6 Å². The Labute approximate surface area is 293 Å². The Balaban J connectivity index is 1.09. The number of thiazole rings is 1. The lowest BCUT2D eigenvalue weighted by atomic mass is 10.2. The van der Waals surface area contributed by atoms with Crippen molar-refractivity contribution in [3.8, 4) is 21.8 Å². The molecule has 8 nitrogen and oxygen atoms in total. The number of furan rings is 1. The maximum atomic E-state index is 13.5. The van der Waals surface area contributed by atoms with Gasteiger partial charge in [0.15, 0.2) is 5.13 Å². The van der Waals surface area contributed by atoms with E-state index in [1.54, 1.807) is 54.7 Å². The van der Waals surface area contributed by atoms with Gasteiger partial charge in [-0.1, -0.05) is 87.9 Å². The lowest BCUT2D eigenvalue weighted by Crippen LogP contribution is -2.30. The summed E-state index contributed by atoms with van der Waals surface area (Å²) in [5.74, 6) is 0.0698. The van der Waals surface area contributed by atoms with E-state index in [4.69, 9.17) is 4.42 Å². The normalized spacial score (nSPS) is 11.1. The average molecular weight is 736 g/mol. The van der Waals surface area contributed by atoms with E-state index in [1.165, 1.54) is 29.2 Å². The predicted molar refractivity (Wildman–Crippen MR) is 196 cm³/mol. The summed E-state index contributed by atoms with van der Waals surface area (Å²) >= 11 is 6.21. The minimum Gasteiger partial charge on any atom is -0.457 e. The summed E-state index contributed by atoms with van der Waals surface area (Å²) in [7, 11) is 0. The number of hydrogen-bond acceptors (Lipinski definition) is 7. The highest BCUT2D eigenvalue weighted by Crippen LogP contribution is 2.29. The maximum absolute atomic E-state index is 13.5. The van der Waals surface area contributed by atoms with Crippen molar-refractivity contribution in [2.24, 2.45) is 0 Å². The largest absolute Gasteiger partial charge is 0.457 e. The van der Waals surface area contributed by atoms with Crippen LogP contribution in [0.3, 0.4) is 0 Å². The zero-order chi connectivity index (χ0) is 33.3. The standard InChI is InChI=1S/C37H27BrN4O4S2/c38-27-13-11-24(12-14-27)32-20-17-29(46-32)21-31(41-35(44)26-9-5-2-6-10-26)36(45)40-28-15-18-30(19-16-28)47-23-34(43)42-37-39-22-33(48-37)25-7-3-1-4-8-25/h1-22H,23H2,(H,40,45)(H,41,44)(H,39,42,43)/b31-21-. The molecular formula is C37H27BrN4O4S2. The third kappa shape index (κ3) is 8.77. The van der Waals surface area contributed by atoms with Crippen molar-refractivity contribution in [2.45, 2.75) is 4.90 Å². The van der Waals surface area contributed by atoms with Crippen molar-refractivity contribution in [3.05, 3.63) is 149 Å². The van der Waals surface area contributed by atoms with Crippen LogP contribution in [-0.4, -0.2) is 28.5 Å². The summed E-state index contributed by atoms with van der Waals surface area (Å²) in [5, 5.41) is 8.96. The zero-order valence-electron chi connectivity index (χ0n) is 25.2. The number of aromatic nitrogens is 1. The average Bonchev–Trinajstić information content (AvgIpc) is 3.79. The second kappa shape index (κ2) is 15.6. The molecule has 48 heavy (non-hydrogen) atoms. The molecule has 6 aromatic rings. The van der Waals surface area contributed by atoms with Crippen LogP contribution in [0.5, 0.6) is 0 Å². The van der Waals surface area contributed by atoms with E-state index < -0.39 is 11.8 Å². The third-order valence-electron chi connectivity index (χ3n) is 6.86. The van der Waals surface area contributed by atoms with E-state index in [0.29, 0.717) is 27.9 Å². The van der Waals surface area contributed by atoms with Crippen LogP contribution in [0.15, 0.2) is 147 Å². The van der Waals surface area contributed by atoms with Gasteiger partial charge in [0.1, 0.15) is 17.2 Å². The number of rotatable bonds is 11. The fraction of sp³-hybridized carbons (Fsp3) is 0.0270. The zero-order valence-corrected chi connectivity index (χ0v) is 28.4. The van der Waals surface area contributed by atoms with Crippen molar-refractivity contribution in [2.75, 3.05) is 16.4 Å². The molecule has 0 atom stereocenters. The lowest BCUT2D eigenvalue weighted by molar-refractivity contribution is -0.114. The Morgan fingerprint density at radius 1 is 0.792 bits per heavy atom. The van der Waals surface area contributed by atoms with E-state index in [0.717, 1.165) is 25.4 Å². The first-order valence-corrected chi connectivity index (χ1v) is 17.3. The molecule has 4 aromatic carbocycles. The second-order valence-corrected chi connectivity index (χ2v) is 13.3. The van der Waals surface area contributed by atoms with Gasteiger partial charge in [0.25, 0.3) is 11.8 Å². The molecule has 0 aliphatic rings. The van der Waals surface area contributed by atoms with Gasteiger partial charge in [0, 0.05) is 38.5 Å². The number of hydrogen-bond donors (Lipinski definition) is 3. The van der Waals surface area contributed by atoms with Gasteiger partial charge in [-0.25, -0.2) is 4.98 Å². The molecule has 0 aliphatic heterocycles. The van der Waals surface area contributed by atoms with Crippen LogP contribution in [0, 0.1) is 0 Å². The van der Waals surface area contributed by atoms with Gasteiger partial charge < -0.3 is 20.4 Å². The Morgan fingerprint density at radius 2 is 1.50 bits per heavy atom. The molecular weight excluding hydrogens is 708 g/mol. The molecule has 0 unspecified atom stereocenters. The predicted octanol–water partition coefficient (Wildman–Crippen LogP) is 8.97. The lowest BCUT2D eigenvalue weighted by Gasteiger charge is -2.11. The number of nitrogens with one attached hydrogen (secondary N) is 3. The first-order chi connectivity index (χ1) is 23.4. The summed E-state index contributed by atoms with van der Waals surface area (Å²) in [6.45, 7) is 0. The first-order valence-electron chi connectivity index (χ1n) is 14.7. The van der Waals surface area contributed by atoms with E-state index >= 15 is 0 Å². The highest BCUT2D eigenvalue weighted by molar-refractivity contribution is 9.10. The Kier molecular flexibility index (Phi) is 10.6. The van der Waals surface area contributed by atoms with Crippen LogP contribution < -0.4 is 16.0 Å². The smallest absolute Gasteiger partial charge is 0.272 e. The van der Waals surface area contributed by atoms with E-state index in [1.807, 2.05) is 72.8 Å². The minimum absolute atomic E-state index is 0.00768. The van der Waals surface area contributed by atoms with E-state index in [9.17, 15) is 14.4 Å². The molecule has 6 rings (SSSR count). The topological polar surface area (TPSA) is 113 Å². The number of carbonyl (C=O) groups excluding carboxylic acids is 3.